The zero-order chi connectivity index (χ0) is 11.0. The molecule has 0 radical (unpaired) electrons. The highest BCUT2D eigenvalue weighted by Gasteiger charge is 2.16. The van der Waals surface area contributed by atoms with Gasteiger partial charge in [0, 0.05) is 15.0 Å². The van der Waals surface area contributed by atoms with Crippen LogP contribution in [0.5, 0.6) is 5.75 Å². The molecule has 0 bridgehead atoms. The minimum absolute atomic E-state index is 0.208. The van der Waals surface area contributed by atoms with Gasteiger partial charge in [-0.05, 0) is 25.1 Å². The Bertz CT molecular complexity index is 528. The number of phenolic OH excluding ortho intramolecular Hbond substituents is 1. The van der Waals surface area contributed by atoms with Gasteiger partial charge in [-0.2, -0.15) is 0 Å². The van der Waals surface area contributed by atoms with E-state index in [1.807, 2.05) is 6.92 Å². The third-order valence-electron chi connectivity index (χ3n) is 2.24. The number of aryl methyl sites for hydroxylation is 1. The van der Waals surface area contributed by atoms with Crippen LogP contribution in [0.1, 0.15) is 15.2 Å². The summed E-state index contributed by atoms with van der Waals surface area (Å²) in [5.74, 6) is -0.121. The van der Waals surface area contributed by atoms with E-state index >= 15 is 0 Å². The summed E-state index contributed by atoms with van der Waals surface area (Å²) in [6, 6.07) is 4.96. The molecule has 78 valence electrons. The molecule has 0 aliphatic heterocycles. The molecule has 0 amide bonds. The fourth-order valence-electron chi connectivity index (χ4n) is 1.56. The lowest BCUT2D eigenvalue weighted by atomic mass is 10.1. The van der Waals surface area contributed by atoms with Crippen molar-refractivity contribution in [2.24, 2.45) is 0 Å². The third kappa shape index (κ3) is 1.57. The minimum atomic E-state index is -0.329. The smallest absolute Gasteiger partial charge is 0.339 e. The number of rotatable bonds is 1. The summed E-state index contributed by atoms with van der Waals surface area (Å²) in [4.78, 5) is 12.4. The van der Waals surface area contributed by atoms with E-state index in [9.17, 15) is 9.90 Å². The molecule has 0 fully saturated rings. The van der Waals surface area contributed by atoms with Crippen molar-refractivity contribution in [1.29, 1.82) is 0 Å². The van der Waals surface area contributed by atoms with Crippen LogP contribution in [0.15, 0.2) is 18.2 Å². The van der Waals surface area contributed by atoms with Crippen molar-refractivity contribution in [2.75, 3.05) is 7.11 Å². The van der Waals surface area contributed by atoms with E-state index in [1.54, 1.807) is 18.2 Å². The summed E-state index contributed by atoms with van der Waals surface area (Å²) < 4.78 is 5.62. The zero-order valence-electron chi connectivity index (χ0n) is 8.40. The molecule has 1 heterocycles. The monoisotopic (exact) mass is 222 g/mol. The maximum atomic E-state index is 11.5. The number of fused-ring (bicyclic) bond motifs is 1. The van der Waals surface area contributed by atoms with Gasteiger partial charge in [-0.15, -0.1) is 11.3 Å². The normalized spacial score (nSPS) is 10.5. The number of hydrogen-bond donors (Lipinski definition) is 1. The molecule has 0 aliphatic rings. The van der Waals surface area contributed by atoms with Crippen LogP contribution in [-0.2, 0) is 4.74 Å². The topological polar surface area (TPSA) is 46.5 Å². The van der Waals surface area contributed by atoms with Gasteiger partial charge in [0.25, 0.3) is 0 Å². The fraction of sp³-hybridized carbons (Fsp3) is 0.182. The van der Waals surface area contributed by atoms with Gasteiger partial charge in [0.2, 0.25) is 0 Å². The number of esters is 1. The molecule has 0 saturated heterocycles. The predicted molar refractivity (Wildman–Crippen MR) is 59.6 cm³/mol. The van der Waals surface area contributed by atoms with Gasteiger partial charge in [-0.1, -0.05) is 0 Å². The van der Waals surface area contributed by atoms with Crippen molar-refractivity contribution in [3.05, 3.63) is 28.6 Å². The molecule has 0 atom stereocenters. The van der Waals surface area contributed by atoms with E-state index in [-0.39, 0.29) is 11.7 Å². The zero-order valence-corrected chi connectivity index (χ0v) is 9.22. The van der Waals surface area contributed by atoms with Gasteiger partial charge in [0.15, 0.2) is 0 Å². The highest BCUT2D eigenvalue weighted by molar-refractivity contribution is 7.19. The van der Waals surface area contributed by atoms with Gasteiger partial charge >= 0.3 is 5.97 Å². The molecule has 1 aromatic carbocycles. The molecule has 3 nitrogen and oxygen atoms in total. The van der Waals surface area contributed by atoms with Crippen LogP contribution in [0.2, 0.25) is 0 Å². The molecule has 1 aromatic heterocycles. The van der Waals surface area contributed by atoms with Crippen molar-refractivity contribution < 1.29 is 14.6 Å². The molecule has 2 aromatic rings. The number of thiophene rings is 1. The van der Waals surface area contributed by atoms with E-state index < -0.39 is 0 Å². The first-order valence-corrected chi connectivity index (χ1v) is 5.25. The molecule has 4 heteroatoms. The Morgan fingerprint density at radius 1 is 1.47 bits per heavy atom. The number of benzene rings is 1. The molecule has 0 unspecified atom stereocenters. The Hall–Kier alpha value is -1.55. The largest absolute Gasteiger partial charge is 0.508 e. The summed E-state index contributed by atoms with van der Waals surface area (Å²) in [5, 5.41) is 10.2. The van der Waals surface area contributed by atoms with Crippen LogP contribution in [0.4, 0.5) is 0 Å². The van der Waals surface area contributed by atoms with Gasteiger partial charge in [-0.25, -0.2) is 4.79 Å². The summed E-state index contributed by atoms with van der Waals surface area (Å²) >= 11 is 1.48. The molecule has 0 spiro atoms. The lowest BCUT2D eigenvalue weighted by molar-refractivity contribution is 0.0603. The fourth-order valence-corrected chi connectivity index (χ4v) is 2.65. The first kappa shape index (κ1) is 9.98. The second-order valence-corrected chi connectivity index (χ2v) is 4.46. The van der Waals surface area contributed by atoms with E-state index in [2.05, 4.69) is 0 Å². The molecule has 0 saturated carbocycles. The van der Waals surface area contributed by atoms with Gasteiger partial charge in [0.1, 0.15) is 5.75 Å². The quantitative estimate of drug-likeness (QED) is 0.754. The van der Waals surface area contributed by atoms with Crippen LogP contribution < -0.4 is 0 Å². The third-order valence-corrected chi connectivity index (χ3v) is 3.31. The van der Waals surface area contributed by atoms with E-state index in [0.29, 0.717) is 5.56 Å². The Labute approximate surface area is 90.9 Å². The van der Waals surface area contributed by atoms with E-state index in [0.717, 1.165) is 15.0 Å². The Morgan fingerprint density at radius 3 is 2.87 bits per heavy atom. The molecular weight excluding hydrogens is 212 g/mol. The Kier molecular flexibility index (Phi) is 2.36. The predicted octanol–water partition coefficient (Wildman–Crippen LogP) is 2.70. The number of carbonyl (C=O) groups is 1. The van der Waals surface area contributed by atoms with Crippen molar-refractivity contribution >= 4 is 27.4 Å². The number of aromatic hydroxyl groups is 1. The number of ether oxygens (including phenoxy) is 1. The Balaban J connectivity index is 2.73. The molecule has 15 heavy (non-hydrogen) atoms. The lowest BCUT2D eigenvalue weighted by Gasteiger charge is -1.98. The molecule has 2 rings (SSSR count). The number of hydrogen-bond acceptors (Lipinski definition) is 4. The average Bonchev–Trinajstić information content (AvgIpc) is 2.52. The van der Waals surface area contributed by atoms with Gasteiger partial charge in [-0.3, -0.25) is 0 Å². The van der Waals surface area contributed by atoms with Crippen LogP contribution in [-0.4, -0.2) is 18.2 Å². The van der Waals surface area contributed by atoms with Crippen molar-refractivity contribution in [3.63, 3.8) is 0 Å². The van der Waals surface area contributed by atoms with E-state index in [1.165, 1.54) is 18.4 Å². The highest BCUT2D eigenvalue weighted by atomic mass is 32.1. The first-order valence-electron chi connectivity index (χ1n) is 4.44. The van der Waals surface area contributed by atoms with Crippen LogP contribution >= 0.6 is 11.3 Å². The lowest BCUT2D eigenvalue weighted by Crippen LogP contribution is -2.01. The van der Waals surface area contributed by atoms with Crippen molar-refractivity contribution in [2.45, 2.75) is 6.92 Å². The number of methoxy groups -OCH3 is 1. The van der Waals surface area contributed by atoms with Crippen LogP contribution in [0.25, 0.3) is 10.1 Å². The van der Waals surface area contributed by atoms with Crippen molar-refractivity contribution in [1.82, 2.24) is 0 Å². The molecular formula is C11H10O3S. The average molecular weight is 222 g/mol. The number of phenols is 1. The standard InChI is InChI=1S/C11H10O3S/c1-6-10(11(13)14-2)8-4-3-7(12)5-9(8)15-6/h3-5,12H,1-2H3. The van der Waals surface area contributed by atoms with Crippen LogP contribution in [0, 0.1) is 6.92 Å². The first-order chi connectivity index (χ1) is 7.13. The summed E-state index contributed by atoms with van der Waals surface area (Å²) in [5.41, 5.74) is 0.595. The maximum absolute atomic E-state index is 11.5. The summed E-state index contributed by atoms with van der Waals surface area (Å²) in [7, 11) is 1.37. The summed E-state index contributed by atoms with van der Waals surface area (Å²) in [6.45, 7) is 1.87. The van der Waals surface area contributed by atoms with Gasteiger partial charge in [0.05, 0.1) is 12.7 Å². The maximum Gasteiger partial charge on any atom is 0.339 e. The summed E-state index contributed by atoms with van der Waals surface area (Å²) in [6.07, 6.45) is 0. The van der Waals surface area contributed by atoms with Crippen molar-refractivity contribution in [3.8, 4) is 5.75 Å². The molecule has 1 N–H and O–H groups in total. The Morgan fingerprint density at radius 2 is 2.20 bits per heavy atom. The highest BCUT2D eigenvalue weighted by Crippen LogP contribution is 2.33. The van der Waals surface area contributed by atoms with Gasteiger partial charge < -0.3 is 9.84 Å². The second kappa shape index (κ2) is 3.55. The number of carbonyl (C=O) groups excluding carboxylic acids is 1. The SMILES string of the molecule is COC(=O)c1c(C)sc2cc(O)ccc12. The van der Waals surface area contributed by atoms with Crippen LogP contribution in [0.3, 0.4) is 0 Å². The minimum Gasteiger partial charge on any atom is -0.508 e. The second-order valence-electron chi connectivity index (χ2n) is 3.21. The van der Waals surface area contributed by atoms with E-state index in [4.69, 9.17) is 4.74 Å². The molecule has 0 aliphatic carbocycles.